The standard InChI is InChI=1S/C10H21N3O3/c1-10(2,3)16-9(15)13-8(11)12-6-4-5-7-14/h14H,4-7H2,1-3H3,(H3,11,12,13,15). The number of carbonyl (C=O) groups excluding carboxylic acids is 1. The lowest BCUT2D eigenvalue weighted by Crippen LogP contribution is -2.40. The molecule has 0 aliphatic rings. The molecule has 0 unspecified atom stereocenters. The summed E-state index contributed by atoms with van der Waals surface area (Å²) < 4.78 is 4.98. The van der Waals surface area contributed by atoms with Gasteiger partial charge in [0.1, 0.15) is 5.60 Å². The number of hydrogen-bond acceptors (Lipinski definition) is 4. The molecule has 0 saturated carbocycles. The fraction of sp³-hybridized carbons (Fsp3) is 0.800. The Hall–Kier alpha value is -1.30. The second-order valence-corrected chi connectivity index (χ2v) is 4.32. The minimum Gasteiger partial charge on any atom is -0.444 e. The Morgan fingerprint density at radius 1 is 1.44 bits per heavy atom. The molecule has 0 aliphatic carbocycles. The number of unbranched alkanes of at least 4 members (excludes halogenated alkanes) is 1. The monoisotopic (exact) mass is 231 g/mol. The van der Waals surface area contributed by atoms with Gasteiger partial charge in [-0.2, -0.15) is 0 Å². The van der Waals surface area contributed by atoms with E-state index in [4.69, 9.17) is 15.6 Å². The van der Waals surface area contributed by atoms with Crippen LogP contribution in [0.2, 0.25) is 0 Å². The number of guanidine groups is 1. The Balaban J connectivity index is 3.85. The zero-order valence-electron chi connectivity index (χ0n) is 10.1. The first kappa shape index (κ1) is 14.7. The van der Waals surface area contributed by atoms with Crippen LogP contribution in [0, 0.1) is 0 Å². The molecule has 0 saturated heterocycles. The fourth-order valence-corrected chi connectivity index (χ4v) is 0.871. The first-order chi connectivity index (χ1) is 7.35. The molecule has 0 heterocycles. The van der Waals surface area contributed by atoms with E-state index in [1.807, 2.05) is 0 Å². The van der Waals surface area contributed by atoms with Gasteiger partial charge in [0.2, 0.25) is 0 Å². The minimum atomic E-state index is -0.615. The predicted octanol–water partition coefficient (Wildman–Crippen LogP) is 0.598. The first-order valence-corrected chi connectivity index (χ1v) is 5.26. The van der Waals surface area contributed by atoms with Crippen molar-refractivity contribution in [1.82, 2.24) is 5.32 Å². The second-order valence-electron chi connectivity index (χ2n) is 4.32. The van der Waals surface area contributed by atoms with Crippen LogP contribution in [0.4, 0.5) is 4.79 Å². The Kier molecular flexibility index (Phi) is 6.48. The molecular formula is C10H21N3O3. The molecule has 0 aromatic rings. The molecule has 0 aliphatic heterocycles. The van der Waals surface area contributed by atoms with Gasteiger partial charge in [-0.1, -0.05) is 0 Å². The van der Waals surface area contributed by atoms with Crippen LogP contribution in [-0.2, 0) is 4.74 Å². The summed E-state index contributed by atoms with van der Waals surface area (Å²) in [6.07, 6.45) is 0.784. The van der Waals surface area contributed by atoms with Crippen LogP contribution < -0.4 is 11.1 Å². The zero-order chi connectivity index (χ0) is 12.6. The smallest absolute Gasteiger partial charge is 0.414 e. The molecule has 4 N–H and O–H groups in total. The van der Waals surface area contributed by atoms with Gasteiger partial charge in [-0.15, -0.1) is 0 Å². The van der Waals surface area contributed by atoms with Gasteiger partial charge in [-0.25, -0.2) is 4.79 Å². The van der Waals surface area contributed by atoms with E-state index in [0.29, 0.717) is 13.0 Å². The summed E-state index contributed by atoms with van der Waals surface area (Å²) >= 11 is 0. The van der Waals surface area contributed by atoms with Gasteiger partial charge in [0.15, 0.2) is 5.96 Å². The maximum absolute atomic E-state index is 11.2. The molecule has 6 nitrogen and oxygen atoms in total. The van der Waals surface area contributed by atoms with Crippen LogP contribution >= 0.6 is 0 Å². The molecule has 0 spiro atoms. The number of aliphatic hydroxyl groups is 1. The number of ether oxygens (including phenoxy) is 1. The van der Waals surface area contributed by atoms with Gasteiger partial charge in [0.05, 0.1) is 0 Å². The predicted molar refractivity (Wildman–Crippen MR) is 62.2 cm³/mol. The minimum absolute atomic E-state index is 0.0344. The van der Waals surface area contributed by atoms with Crippen LogP contribution in [0.15, 0.2) is 4.99 Å². The Morgan fingerprint density at radius 2 is 2.06 bits per heavy atom. The highest BCUT2D eigenvalue weighted by molar-refractivity contribution is 5.92. The summed E-state index contributed by atoms with van der Waals surface area (Å²) in [5.74, 6) is 0.0344. The van der Waals surface area contributed by atoms with E-state index >= 15 is 0 Å². The van der Waals surface area contributed by atoms with Gasteiger partial charge in [0, 0.05) is 13.2 Å². The summed E-state index contributed by atoms with van der Waals surface area (Å²) in [5, 5.41) is 10.9. The van der Waals surface area contributed by atoms with Crippen LogP contribution in [0.5, 0.6) is 0 Å². The van der Waals surface area contributed by atoms with Crippen molar-refractivity contribution < 1.29 is 14.6 Å². The molecule has 16 heavy (non-hydrogen) atoms. The number of nitrogens with zero attached hydrogens (tertiary/aromatic N) is 1. The van der Waals surface area contributed by atoms with Gasteiger partial charge in [0.25, 0.3) is 0 Å². The largest absolute Gasteiger partial charge is 0.444 e. The van der Waals surface area contributed by atoms with Crippen molar-refractivity contribution in [3.63, 3.8) is 0 Å². The average Bonchev–Trinajstić information content (AvgIpc) is 2.09. The molecule has 1 amide bonds. The van der Waals surface area contributed by atoms with E-state index in [1.165, 1.54) is 0 Å². The molecule has 0 atom stereocenters. The van der Waals surface area contributed by atoms with E-state index < -0.39 is 11.7 Å². The van der Waals surface area contributed by atoms with E-state index in [0.717, 1.165) is 6.42 Å². The number of amides is 1. The normalized spacial score (nSPS) is 12.4. The van der Waals surface area contributed by atoms with Gasteiger partial charge >= 0.3 is 6.09 Å². The maximum atomic E-state index is 11.2. The van der Waals surface area contributed by atoms with Crippen LogP contribution in [0.25, 0.3) is 0 Å². The Morgan fingerprint density at radius 3 is 2.56 bits per heavy atom. The highest BCUT2D eigenvalue weighted by Gasteiger charge is 2.16. The SMILES string of the molecule is CC(C)(C)OC(=O)NC(N)=NCCCCO. The summed E-state index contributed by atoms with van der Waals surface area (Å²) in [5.41, 5.74) is 4.90. The first-order valence-electron chi connectivity index (χ1n) is 5.26. The van der Waals surface area contributed by atoms with E-state index in [-0.39, 0.29) is 12.6 Å². The van der Waals surface area contributed by atoms with E-state index in [2.05, 4.69) is 10.3 Å². The van der Waals surface area contributed by atoms with Crippen LogP contribution in [0.1, 0.15) is 33.6 Å². The molecule has 0 bridgehead atoms. The van der Waals surface area contributed by atoms with Crippen molar-refractivity contribution in [2.24, 2.45) is 10.7 Å². The highest BCUT2D eigenvalue weighted by Crippen LogP contribution is 2.06. The Labute approximate surface area is 95.9 Å². The lowest BCUT2D eigenvalue weighted by molar-refractivity contribution is 0.0562. The van der Waals surface area contributed by atoms with Crippen LogP contribution in [0.3, 0.4) is 0 Å². The Bertz CT molecular complexity index is 246. The van der Waals surface area contributed by atoms with E-state index in [1.54, 1.807) is 20.8 Å². The summed E-state index contributed by atoms with van der Waals surface area (Å²) in [4.78, 5) is 15.1. The topological polar surface area (TPSA) is 96.9 Å². The van der Waals surface area contributed by atoms with Crippen LogP contribution in [-0.4, -0.2) is 35.9 Å². The molecular weight excluding hydrogens is 210 g/mol. The van der Waals surface area contributed by atoms with Crippen molar-refractivity contribution in [2.45, 2.75) is 39.2 Å². The molecule has 0 aromatic carbocycles. The molecule has 0 radical (unpaired) electrons. The van der Waals surface area contributed by atoms with E-state index in [9.17, 15) is 4.79 Å². The van der Waals surface area contributed by atoms with Gasteiger partial charge in [-0.05, 0) is 33.6 Å². The van der Waals surface area contributed by atoms with Crippen molar-refractivity contribution >= 4 is 12.1 Å². The lowest BCUT2D eigenvalue weighted by atomic mass is 10.2. The number of aliphatic imine (C=N–C) groups is 1. The van der Waals surface area contributed by atoms with Crippen molar-refractivity contribution in [3.8, 4) is 0 Å². The molecule has 6 heteroatoms. The molecule has 94 valence electrons. The maximum Gasteiger partial charge on any atom is 0.414 e. The molecule has 0 aromatic heterocycles. The molecule has 0 fully saturated rings. The fourth-order valence-electron chi connectivity index (χ4n) is 0.871. The number of hydrogen-bond donors (Lipinski definition) is 3. The van der Waals surface area contributed by atoms with Crippen molar-refractivity contribution in [3.05, 3.63) is 0 Å². The third-order valence-electron chi connectivity index (χ3n) is 1.48. The number of aliphatic hydroxyl groups excluding tert-OH is 1. The average molecular weight is 231 g/mol. The third kappa shape index (κ3) is 9.26. The van der Waals surface area contributed by atoms with Crippen molar-refractivity contribution in [2.75, 3.05) is 13.2 Å². The van der Waals surface area contributed by atoms with Crippen molar-refractivity contribution in [1.29, 1.82) is 0 Å². The highest BCUT2D eigenvalue weighted by atomic mass is 16.6. The third-order valence-corrected chi connectivity index (χ3v) is 1.48. The number of rotatable bonds is 4. The number of alkyl carbamates (subject to hydrolysis) is 1. The van der Waals surface area contributed by atoms with Gasteiger partial charge < -0.3 is 15.6 Å². The quantitative estimate of drug-likeness (QED) is 0.375. The lowest BCUT2D eigenvalue weighted by Gasteiger charge is -2.19. The van der Waals surface area contributed by atoms with Gasteiger partial charge in [-0.3, -0.25) is 10.3 Å². The second kappa shape index (κ2) is 7.05. The molecule has 0 rings (SSSR count). The number of carbonyl (C=O) groups is 1. The summed E-state index contributed by atoms with van der Waals surface area (Å²) in [7, 11) is 0. The summed E-state index contributed by atoms with van der Waals surface area (Å²) in [6, 6.07) is 0. The number of nitrogens with one attached hydrogen (secondary N) is 1. The zero-order valence-corrected chi connectivity index (χ0v) is 10.1. The summed E-state index contributed by atoms with van der Waals surface area (Å²) in [6.45, 7) is 5.90. The number of nitrogens with two attached hydrogens (primary N) is 1.